The molecule has 3 aliphatic rings. The molecule has 6 rings (SSSR count). The van der Waals surface area contributed by atoms with Crippen molar-refractivity contribution in [2.45, 2.75) is 50.3 Å². The summed E-state index contributed by atoms with van der Waals surface area (Å²) in [5.74, 6) is -2.16. The first-order valence-corrected chi connectivity index (χ1v) is 14.7. The van der Waals surface area contributed by atoms with Gasteiger partial charge in [0.05, 0.1) is 16.2 Å². The Bertz CT molecular complexity index is 1640. The lowest BCUT2D eigenvalue weighted by Gasteiger charge is -2.44. The van der Waals surface area contributed by atoms with Crippen LogP contribution < -0.4 is 5.32 Å². The van der Waals surface area contributed by atoms with Gasteiger partial charge in [0.25, 0.3) is 10.0 Å². The highest BCUT2D eigenvalue weighted by Crippen LogP contribution is 2.53. The maximum atomic E-state index is 14.1. The van der Waals surface area contributed by atoms with Crippen LogP contribution in [-0.4, -0.2) is 35.1 Å². The number of carbonyl (C=O) groups is 3. The number of nitrogens with one attached hydrogen (secondary N) is 1. The molecule has 1 fully saturated rings. The molecule has 3 aromatic rings. The molecule has 0 bridgehead atoms. The van der Waals surface area contributed by atoms with Gasteiger partial charge in [-0.3, -0.25) is 14.4 Å². The highest BCUT2D eigenvalue weighted by molar-refractivity contribution is 7.89. The van der Waals surface area contributed by atoms with E-state index < -0.39 is 33.4 Å². The van der Waals surface area contributed by atoms with Crippen molar-refractivity contribution in [1.82, 2.24) is 9.19 Å². The van der Waals surface area contributed by atoms with Crippen LogP contribution >= 0.6 is 0 Å². The van der Waals surface area contributed by atoms with Gasteiger partial charge in [-0.15, -0.1) is 0 Å². The van der Waals surface area contributed by atoms with E-state index in [2.05, 4.69) is 23.4 Å². The molecule has 0 spiro atoms. The standard InChI is InChI=1S/C30H29N3O5S/c1-17-7-6-10-23-22(17)15-16-24-25(23)29(35)30(36)26-27(19-8-4-3-5-9-19)32-33(28(24)26)39(37,38)21-13-11-20(12-14-21)31-18(2)34/h3-5,8-9,11-15,17,23-25H,6-7,10,16H2,1-2H3,(H,31,34). The number of rotatable bonds is 4. The minimum absolute atomic E-state index is 0.0271. The number of hydrogen-bond acceptors (Lipinski definition) is 6. The molecule has 1 aromatic heterocycles. The summed E-state index contributed by atoms with van der Waals surface area (Å²) in [5, 5.41) is 7.17. The van der Waals surface area contributed by atoms with Gasteiger partial charge in [0.2, 0.25) is 17.5 Å². The second-order valence-electron chi connectivity index (χ2n) is 10.7. The van der Waals surface area contributed by atoms with E-state index in [-0.39, 0.29) is 28.0 Å². The Labute approximate surface area is 227 Å². The third-order valence-corrected chi connectivity index (χ3v) is 9.97. The van der Waals surface area contributed by atoms with E-state index in [9.17, 15) is 22.8 Å². The molecule has 8 nitrogen and oxygen atoms in total. The Morgan fingerprint density at radius 2 is 1.72 bits per heavy atom. The minimum atomic E-state index is -4.24. The maximum absolute atomic E-state index is 14.1. The lowest BCUT2D eigenvalue weighted by Crippen LogP contribution is -2.44. The van der Waals surface area contributed by atoms with Gasteiger partial charge in [-0.25, -0.2) is 0 Å². The van der Waals surface area contributed by atoms with Crippen molar-refractivity contribution in [2.24, 2.45) is 17.8 Å². The first-order chi connectivity index (χ1) is 18.7. The molecule has 1 saturated carbocycles. The van der Waals surface area contributed by atoms with Gasteiger partial charge in [-0.2, -0.15) is 17.6 Å². The van der Waals surface area contributed by atoms with Crippen LogP contribution in [0.3, 0.4) is 0 Å². The third kappa shape index (κ3) is 4.07. The average Bonchev–Trinajstić information content (AvgIpc) is 3.34. The zero-order chi connectivity index (χ0) is 27.5. The van der Waals surface area contributed by atoms with Crippen LogP contribution in [0.5, 0.6) is 0 Å². The summed E-state index contributed by atoms with van der Waals surface area (Å²) in [4.78, 5) is 38.9. The van der Waals surface area contributed by atoms with E-state index >= 15 is 0 Å². The molecule has 200 valence electrons. The van der Waals surface area contributed by atoms with Gasteiger partial charge in [0.1, 0.15) is 5.69 Å². The van der Waals surface area contributed by atoms with E-state index in [4.69, 9.17) is 0 Å². The molecule has 1 heterocycles. The number of nitrogens with zero attached hydrogens (tertiary/aromatic N) is 2. The smallest absolute Gasteiger partial charge is 0.283 e. The van der Waals surface area contributed by atoms with E-state index in [1.54, 1.807) is 24.3 Å². The Morgan fingerprint density at radius 1 is 1.00 bits per heavy atom. The fourth-order valence-electron chi connectivity index (χ4n) is 6.65. The Kier molecular flexibility index (Phi) is 6.14. The maximum Gasteiger partial charge on any atom is 0.283 e. The molecule has 0 radical (unpaired) electrons. The molecular weight excluding hydrogens is 514 g/mol. The summed E-state index contributed by atoms with van der Waals surface area (Å²) in [6, 6.07) is 14.7. The summed E-state index contributed by atoms with van der Waals surface area (Å²) in [5.41, 5.74) is 2.84. The molecule has 0 aliphatic heterocycles. The normalized spacial score (nSPS) is 24.3. The lowest BCUT2D eigenvalue weighted by atomic mass is 9.59. The van der Waals surface area contributed by atoms with Gasteiger partial charge in [-0.05, 0) is 55.4 Å². The van der Waals surface area contributed by atoms with E-state index in [0.29, 0.717) is 29.3 Å². The number of aromatic nitrogens is 2. The van der Waals surface area contributed by atoms with Crippen LogP contribution in [0.15, 0.2) is 71.1 Å². The number of ketones is 2. The van der Waals surface area contributed by atoms with E-state index in [0.717, 1.165) is 23.3 Å². The molecule has 1 N–H and O–H groups in total. The van der Waals surface area contributed by atoms with Crippen molar-refractivity contribution in [1.29, 1.82) is 0 Å². The number of fused-ring (bicyclic) bond motifs is 5. The second kappa shape index (κ2) is 9.41. The topological polar surface area (TPSA) is 115 Å². The lowest BCUT2D eigenvalue weighted by molar-refractivity contribution is -0.121. The van der Waals surface area contributed by atoms with Crippen LogP contribution in [0.2, 0.25) is 0 Å². The molecule has 1 amide bonds. The summed E-state index contributed by atoms with van der Waals surface area (Å²) in [6.07, 6.45) is 5.46. The summed E-state index contributed by atoms with van der Waals surface area (Å²) in [6.45, 7) is 3.53. The SMILES string of the molecule is CC(=O)Nc1ccc(S(=O)(=O)n2nc(-c3ccccc3)c3c2C2CC=C4C(C)CCCC4C2C(=O)C3=O)cc1. The Morgan fingerprint density at radius 3 is 2.41 bits per heavy atom. The van der Waals surface area contributed by atoms with Gasteiger partial charge < -0.3 is 5.32 Å². The predicted molar refractivity (Wildman–Crippen MR) is 146 cm³/mol. The van der Waals surface area contributed by atoms with Crippen LogP contribution in [0.1, 0.15) is 61.5 Å². The van der Waals surface area contributed by atoms with Gasteiger partial charge >= 0.3 is 0 Å². The number of carbonyl (C=O) groups excluding carboxylic acids is 3. The van der Waals surface area contributed by atoms with Crippen molar-refractivity contribution in [3.63, 3.8) is 0 Å². The zero-order valence-corrected chi connectivity index (χ0v) is 22.6. The molecule has 3 aliphatic carbocycles. The summed E-state index contributed by atoms with van der Waals surface area (Å²) >= 11 is 0. The number of amides is 1. The van der Waals surface area contributed by atoms with Crippen LogP contribution in [0, 0.1) is 17.8 Å². The monoisotopic (exact) mass is 543 g/mol. The molecule has 4 unspecified atom stereocenters. The molecule has 4 atom stereocenters. The highest BCUT2D eigenvalue weighted by atomic mass is 32.2. The molecule has 0 saturated heterocycles. The zero-order valence-electron chi connectivity index (χ0n) is 21.8. The quantitative estimate of drug-likeness (QED) is 0.367. The van der Waals surface area contributed by atoms with Crippen LogP contribution in [-0.2, 0) is 19.6 Å². The Hall–Kier alpha value is -3.85. The predicted octanol–water partition coefficient (Wildman–Crippen LogP) is 4.98. The highest BCUT2D eigenvalue weighted by Gasteiger charge is 2.52. The fourth-order valence-corrected chi connectivity index (χ4v) is 8.01. The molecule has 9 heteroatoms. The molecular formula is C30H29N3O5S. The average molecular weight is 544 g/mol. The minimum Gasteiger partial charge on any atom is -0.326 e. The summed E-state index contributed by atoms with van der Waals surface area (Å²) in [7, 11) is -4.24. The van der Waals surface area contributed by atoms with Crippen molar-refractivity contribution in [2.75, 3.05) is 5.32 Å². The Balaban J connectivity index is 1.56. The number of Topliss-reactive ketones (excluding diaryl/α,β-unsaturated/α-hetero) is 2. The molecule has 39 heavy (non-hydrogen) atoms. The fraction of sp³-hybridized carbons (Fsp3) is 0.333. The van der Waals surface area contributed by atoms with Crippen LogP contribution in [0.25, 0.3) is 11.3 Å². The van der Waals surface area contributed by atoms with Crippen molar-refractivity contribution in [3.05, 3.63) is 77.5 Å². The van der Waals surface area contributed by atoms with Crippen molar-refractivity contribution in [3.8, 4) is 11.3 Å². The van der Waals surface area contributed by atoms with Crippen molar-refractivity contribution < 1.29 is 22.8 Å². The van der Waals surface area contributed by atoms with Gasteiger partial charge in [0, 0.05) is 30.0 Å². The van der Waals surface area contributed by atoms with Crippen molar-refractivity contribution >= 4 is 33.2 Å². The van der Waals surface area contributed by atoms with Gasteiger partial charge in [-0.1, -0.05) is 55.3 Å². The number of allylic oxidation sites excluding steroid dienone is 2. The van der Waals surface area contributed by atoms with E-state index in [1.807, 2.05) is 6.07 Å². The number of benzene rings is 2. The number of anilines is 1. The van der Waals surface area contributed by atoms with E-state index in [1.165, 1.54) is 36.8 Å². The third-order valence-electron chi connectivity index (χ3n) is 8.37. The second-order valence-corrected chi connectivity index (χ2v) is 12.5. The number of hydrogen-bond donors (Lipinski definition) is 1. The first-order valence-electron chi connectivity index (χ1n) is 13.3. The molecule has 2 aromatic carbocycles. The van der Waals surface area contributed by atoms with Gasteiger partial charge in [0.15, 0.2) is 0 Å². The summed E-state index contributed by atoms with van der Waals surface area (Å²) < 4.78 is 29.2. The first kappa shape index (κ1) is 25.4. The van der Waals surface area contributed by atoms with Crippen LogP contribution in [0.4, 0.5) is 5.69 Å². The largest absolute Gasteiger partial charge is 0.326 e.